The molecule has 1 aromatic carbocycles. The maximum absolute atomic E-state index is 10.7. The summed E-state index contributed by atoms with van der Waals surface area (Å²) in [4.78, 5) is 10.7. The van der Waals surface area contributed by atoms with Crippen LogP contribution in [0.3, 0.4) is 0 Å². The molecule has 0 radical (unpaired) electrons. The first-order valence-corrected chi connectivity index (χ1v) is 5.63. The predicted molar refractivity (Wildman–Crippen MR) is 62.3 cm³/mol. The Hall–Kier alpha value is -1.26. The highest BCUT2D eigenvalue weighted by molar-refractivity contribution is 6.32. The fourth-order valence-corrected chi connectivity index (χ4v) is 2.31. The topological polar surface area (TPSA) is 66.8 Å². The van der Waals surface area contributed by atoms with Crippen LogP contribution in [0.25, 0.3) is 0 Å². The molecule has 0 bridgehead atoms. The second kappa shape index (κ2) is 4.20. The van der Waals surface area contributed by atoms with Crippen molar-refractivity contribution in [3.05, 3.63) is 28.8 Å². The van der Waals surface area contributed by atoms with Gasteiger partial charge in [-0.25, -0.2) is 0 Å². The second-order valence-corrected chi connectivity index (χ2v) is 4.73. The van der Waals surface area contributed by atoms with Crippen molar-refractivity contribution in [1.29, 1.82) is 0 Å². The van der Waals surface area contributed by atoms with Gasteiger partial charge in [-0.2, -0.15) is 0 Å². The highest BCUT2D eigenvalue weighted by Gasteiger charge is 2.47. The summed E-state index contributed by atoms with van der Waals surface area (Å²) in [6.45, 7) is 0. The van der Waals surface area contributed by atoms with E-state index in [1.54, 1.807) is 18.2 Å². The molecule has 0 spiro atoms. The molecule has 0 amide bonds. The monoisotopic (exact) mass is 256 g/mol. The molecule has 0 unspecified atom stereocenters. The molecule has 2 N–H and O–H groups in total. The summed E-state index contributed by atoms with van der Waals surface area (Å²) in [5.41, 5.74) is -0.419. The fourth-order valence-electron chi connectivity index (χ4n) is 2.12. The SMILES string of the molecule is COc1cc(C2(O)CC(C(=O)O)C2)ccc1Cl. The van der Waals surface area contributed by atoms with E-state index in [0.29, 0.717) is 16.3 Å². The van der Waals surface area contributed by atoms with E-state index in [0.717, 1.165) is 0 Å². The van der Waals surface area contributed by atoms with Crippen molar-refractivity contribution in [3.63, 3.8) is 0 Å². The number of aliphatic carboxylic acids is 1. The van der Waals surface area contributed by atoms with E-state index in [1.165, 1.54) is 7.11 Å². The number of carboxylic acids is 1. The van der Waals surface area contributed by atoms with Gasteiger partial charge in [-0.3, -0.25) is 4.79 Å². The largest absolute Gasteiger partial charge is 0.495 e. The number of carbonyl (C=O) groups is 1. The van der Waals surface area contributed by atoms with E-state index in [4.69, 9.17) is 21.4 Å². The number of hydrogen-bond acceptors (Lipinski definition) is 3. The Kier molecular flexibility index (Phi) is 3.02. The maximum atomic E-state index is 10.7. The summed E-state index contributed by atoms with van der Waals surface area (Å²) >= 11 is 5.89. The van der Waals surface area contributed by atoms with E-state index in [9.17, 15) is 9.90 Å². The molecule has 0 aliphatic heterocycles. The van der Waals surface area contributed by atoms with Crippen molar-refractivity contribution in [2.75, 3.05) is 7.11 Å². The molecular formula is C12H13ClO4. The normalized spacial score (nSPS) is 27.4. The first-order valence-electron chi connectivity index (χ1n) is 5.25. The van der Waals surface area contributed by atoms with Crippen molar-refractivity contribution in [3.8, 4) is 5.75 Å². The molecule has 17 heavy (non-hydrogen) atoms. The number of hydrogen-bond donors (Lipinski definition) is 2. The molecule has 0 atom stereocenters. The van der Waals surface area contributed by atoms with E-state index in [1.807, 2.05) is 0 Å². The van der Waals surface area contributed by atoms with E-state index in [2.05, 4.69) is 0 Å². The molecule has 0 saturated heterocycles. The molecule has 1 fully saturated rings. The zero-order valence-electron chi connectivity index (χ0n) is 9.31. The quantitative estimate of drug-likeness (QED) is 0.868. The van der Waals surface area contributed by atoms with Crippen LogP contribution in [0.5, 0.6) is 5.75 Å². The van der Waals surface area contributed by atoms with Crippen molar-refractivity contribution >= 4 is 17.6 Å². The zero-order chi connectivity index (χ0) is 12.6. The Bertz CT molecular complexity index is 452. The van der Waals surface area contributed by atoms with Crippen LogP contribution in [0, 0.1) is 5.92 Å². The number of rotatable bonds is 3. The van der Waals surface area contributed by atoms with Crippen LogP contribution >= 0.6 is 11.6 Å². The zero-order valence-corrected chi connectivity index (χ0v) is 10.1. The molecule has 2 rings (SSSR count). The molecule has 1 aliphatic carbocycles. The van der Waals surface area contributed by atoms with Gasteiger partial charge in [-0.15, -0.1) is 0 Å². The third-order valence-corrected chi connectivity index (χ3v) is 3.52. The lowest BCUT2D eigenvalue weighted by Crippen LogP contribution is -2.44. The van der Waals surface area contributed by atoms with Crippen LogP contribution in [-0.4, -0.2) is 23.3 Å². The van der Waals surface area contributed by atoms with Gasteiger partial charge in [0.25, 0.3) is 0 Å². The molecule has 0 aromatic heterocycles. The number of carboxylic acid groups (broad SMARTS) is 1. The van der Waals surface area contributed by atoms with Crippen LogP contribution in [0.1, 0.15) is 18.4 Å². The molecule has 0 heterocycles. The number of methoxy groups -OCH3 is 1. The van der Waals surface area contributed by atoms with Crippen LogP contribution in [0.2, 0.25) is 5.02 Å². The predicted octanol–water partition coefficient (Wildman–Crippen LogP) is 2.03. The Balaban J connectivity index is 2.21. The highest BCUT2D eigenvalue weighted by atomic mass is 35.5. The first kappa shape index (κ1) is 12.2. The van der Waals surface area contributed by atoms with E-state index < -0.39 is 17.5 Å². The molecule has 1 aliphatic rings. The third-order valence-electron chi connectivity index (χ3n) is 3.21. The lowest BCUT2D eigenvalue weighted by Gasteiger charge is -2.42. The highest BCUT2D eigenvalue weighted by Crippen LogP contribution is 2.46. The van der Waals surface area contributed by atoms with Gasteiger partial charge in [0.2, 0.25) is 0 Å². The van der Waals surface area contributed by atoms with Crippen LogP contribution in [-0.2, 0) is 10.4 Å². The van der Waals surface area contributed by atoms with E-state index in [-0.39, 0.29) is 12.8 Å². The first-order chi connectivity index (χ1) is 7.96. The average Bonchev–Trinajstić information content (AvgIpc) is 2.25. The standard InChI is InChI=1S/C12H13ClO4/c1-17-10-4-8(2-3-9(10)13)12(16)5-7(6-12)11(14)15/h2-4,7,16H,5-6H2,1H3,(H,14,15). The average molecular weight is 257 g/mol. The molecule has 4 nitrogen and oxygen atoms in total. The summed E-state index contributed by atoms with van der Waals surface area (Å²) < 4.78 is 5.06. The summed E-state index contributed by atoms with van der Waals surface area (Å²) in [6, 6.07) is 4.99. The minimum atomic E-state index is -1.07. The molecular weight excluding hydrogens is 244 g/mol. The van der Waals surface area contributed by atoms with Gasteiger partial charge in [0.05, 0.1) is 23.7 Å². The van der Waals surface area contributed by atoms with Crippen LogP contribution in [0.15, 0.2) is 18.2 Å². The second-order valence-electron chi connectivity index (χ2n) is 4.32. The van der Waals surface area contributed by atoms with Gasteiger partial charge >= 0.3 is 5.97 Å². The van der Waals surface area contributed by atoms with Gasteiger partial charge < -0.3 is 14.9 Å². The molecule has 1 aromatic rings. The van der Waals surface area contributed by atoms with Crippen LogP contribution < -0.4 is 4.74 Å². The fraction of sp³-hybridized carbons (Fsp3) is 0.417. The molecule has 1 saturated carbocycles. The van der Waals surface area contributed by atoms with Gasteiger partial charge in [0.15, 0.2) is 0 Å². The van der Waals surface area contributed by atoms with Crippen molar-refractivity contribution in [2.45, 2.75) is 18.4 Å². The minimum Gasteiger partial charge on any atom is -0.495 e. The molecule has 92 valence electrons. The Labute approximate surface area is 104 Å². The Morgan fingerprint density at radius 2 is 2.18 bits per heavy atom. The summed E-state index contributed by atoms with van der Waals surface area (Å²) in [5, 5.41) is 19.5. The van der Waals surface area contributed by atoms with Crippen molar-refractivity contribution in [2.24, 2.45) is 5.92 Å². The van der Waals surface area contributed by atoms with Gasteiger partial charge in [0.1, 0.15) is 5.75 Å². The Morgan fingerprint density at radius 3 is 2.71 bits per heavy atom. The van der Waals surface area contributed by atoms with Crippen LogP contribution in [0.4, 0.5) is 0 Å². The lowest BCUT2D eigenvalue weighted by atomic mass is 9.67. The van der Waals surface area contributed by atoms with E-state index >= 15 is 0 Å². The number of ether oxygens (including phenoxy) is 1. The third kappa shape index (κ3) is 2.10. The maximum Gasteiger partial charge on any atom is 0.306 e. The summed E-state index contributed by atoms with van der Waals surface area (Å²) in [5.74, 6) is -0.853. The van der Waals surface area contributed by atoms with Crippen molar-refractivity contribution < 1.29 is 19.7 Å². The number of benzene rings is 1. The minimum absolute atomic E-state index is 0.229. The van der Waals surface area contributed by atoms with Gasteiger partial charge in [0, 0.05) is 0 Å². The number of halogens is 1. The summed E-state index contributed by atoms with van der Waals surface area (Å²) in [6.07, 6.45) is 0.459. The smallest absolute Gasteiger partial charge is 0.306 e. The molecule has 5 heteroatoms. The Morgan fingerprint density at radius 1 is 1.53 bits per heavy atom. The lowest BCUT2D eigenvalue weighted by molar-refractivity contribution is -0.159. The summed E-state index contributed by atoms with van der Waals surface area (Å²) in [7, 11) is 1.50. The van der Waals surface area contributed by atoms with Gasteiger partial charge in [-0.05, 0) is 30.5 Å². The van der Waals surface area contributed by atoms with Crippen molar-refractivity contribution in [1.82, 2.24) is 0 Å². The number of aliphatic hydroxyl groups is 1. The van der Waals surface area contributed by atoms with Gasteiger partial charge in [-0.1, -0.05) is 17.7 Å².